The van der Waals surface area contributed by atoms with Crippen LogP contribution in [0.2, 0.25) is 0 Å². The second kappa shape index (κ2) is 10.2. The summed E-state index contributed by atoms with van der Waals surface area (Å²) < 4.78 is 43.2. The molecule has 0 aliphatic carbocycles. The van der Waals surface area contributed by atoms with Crippen molar-refractivity contribution in [3.63, 3.8) is 0 Å². The van der Waals surface area contributed by atoms with Crippen LogP contribution in [0.5, 0.6) is 5.75 Å². The van der Waals surface area contributed by atoms with Crippen molar-refractivity contribution in [3.8, 4) is 16.9 Å². The second-order valence-corrected chi connectivity index (χ2v) is 7.08. The Morgan fingerprint density at radius 1 is 0.909 bits per heavy atom. The fraction of sp³-hybridized carbons (Fsp3) is 0.167. The predicted molar refractivity (Wildman–Crippen MR) is 117 cm³/mol. The lowest BCUT2D eigenvalue weighted by Crippen LogP contribution is -2.46. The number of methoxy groups -OCH3 is 1. The Bertz CT molecular complexity index is 1100. The molecule has 33 heavy (non-hydrogen) atoms. The molecule has 2 amide bonds. The van der Waals surface area contributed by atoms with Crippen LogP contribution in [-0.2, 0) is 11.0 Å². The van der Waals surface area contributed by atoms with Crippen molar-refractivity contribution in [1.82, 2.24) is 5.32 Å². The third-order valence-electron chi connectivity index (χ3n) is 4.85. The molecule has 0 aliphatic heterocycles. The van der Waals surface area contributed by atoms with E-state index >= 15 is 0 Å². The predicted octanol–water partition coefficient (Wildman–Crippen LogP) is 4.11. The number of hydrogen-bond acceptors (Lipinski definition) is 4. The van der Waals surface area contributed by atoms with Gasteiger partial charge in [-0.2, -0.15) is 13.2 Å². The summed E-state index contributed by atoms with van der Waals surface area (Å²) in [5.74, 6) is -0.574. The van der Waals surface area contributed by atoms with Crippen LogP contribution in [0.3, 0.4) is 0 Å². The molecule has 3 aromatic carbocycles. The summed E-state index contributed by atoms with van der Waals surface area (Å²) in [6, 6.07) is 16.2. The molecular formula is C24H21F3N2O4. The van der Waals surface area contributed by atoms with E-state index < -0.39 is 36.2 Å². The minimum atomic E-state index is -4.41. The van der Waals surface area contributed by atoms with Crippen molar-refractivity contribution >= 4 is 17.5 Å². The van der Waals surface area contributed by atoms with Crippen LogP contribution < -0.4 is 15.4 Å². The molecular weight excluding hydrogens is 437 g/mol. The van der Waals surface area contributed by atoms with Gasteiger partial charge in [0.2, 0.25) is 5.91 Å². The van der Waals surface area contributed by atoms with Crippen LogP contribution in [0, 0.1) is 0 Å². The van der Waals surface area contributed by atoms with Crippen LogP contribution in [0.1, 0.15) is 15.9 Å². The van der Waals surface area contributed by atoms with Crippen molar-refractivity contribution in [2.45, 2.75) is 12.2 Å². The van der Waals surface area contributed by atoms with Gasteiger partial charge in [-0.25, -0.2) is 0 Å². The number of nitrogens with one attached hydrogen (secondary N) is 2. The lowest BCUT2D eigenvalue weighted by molar-refractivity contribution is -0.137. The van der Waals surface area contributed by atoms with Crippen LogP contribution in [-0.4, -0.2) is 36.7 Å². The van der Waals surface area contributed by atoms with Gasteiger partial charge in [0.1, 0.15) is 11.8 Å². The molecule has 0 fully saturated rings. The Labute approximate surface area is 188 Å². The van der Waals surface area contributed by atoms with E-state index in [1.165, 1.54) is 31.4 Å². The molecule has 1 atom stereocenters. The van der Waals surface area contributed by atoms with Gasteiger partial charge in [0.15, 0.2) is 0 Å². The maximum atomic E-state index is 12.7. The van der Waals surface area contributed by atoms with Gasteiger partial charge in [0, 0.05) is 11.3 Å². The first-order valence-corrected chi connectivity index (χ1v) is 9.85. The summed E-state index contributed by atoms with van der Waals surface area (Å²) in [6.07, 6.45) is -4.41. The number of rotatable bonds is 7. The van der Waals surface area contributed by atoms with E-state index in [-0.39, 0.29) is 5.56 Å². The summed E-state index contributed by atoms with van der Waals surface area (Å²) >= 11 is 0. The second-order valence-electron chi connectivity index (χ2n) is 7.08. The zero-order valence-corrected chi connectivity index (χ0v) is 17.5. The maximum absolute atomic E-state index is 12.7. The summed E-state index contributed by atoms with van der Waals surface area (Å²) in [6.45, 7) is -0.614. The molecule has 0 spiro atoms. The first kappa shape index (κ1) is 23.8. The normalized spacial score (nSPS) is 12.0. The molecule has 0 aliphatic rings. The molecule has 6 nitrogen and oxygen atoms in total. The molecule has 3 rings (SSSR count). The van der Waals surface area contributed by atoms with Gasteiger partial charge < -0.3 is 20.5 Å². The third kappa shape index (κ3) is 6.11. The number of hydrogen-bond donors (Lipinski definition) is 3. The number of halogens is 3. The standard InChI is InChI=1S/C24H21F3N2O4/c1-33-20-12-10-19(11-13-20)28-23(32)21(14-30)29-22(31)17-4-2-15(3-5-17)16-6-8-18(9-7-16)24(25,26)27/h2-13,21,30H,14H2,1H3,(H,28,32)(H,29,31)/t21-/m0/s1. The highest BCUT2D eigenvalue weighted by molar-refractivity contribution is 6.01. The van der Waals surface area contributed by atoms with E-state index in [0.29, 0.717) is 22.6 Å². The van der Waals surface area contributed by atoms with Crippen molar-refractivity contribution < 1.29 is 32.6 Å². The first-order chi connectivity index (χ1) is 15.7. The Hall–Kier alpha value is -3.85. The number of anilines is 1. The van der Waals surface area contributed by atoms with E-state index in [1.54, 1.807) is 36.4 Å². The molecule has 0 saturated heterocycles. The summed E-state index contributed by atoms with van der Waals surface area (Å²) in [7, 11) is 1.51. The van der Waals surface area contributed by atoms with Crippen LogP contribution in [0.25, 0.3) is 11.1 Å². The maximum Gasteiger partial charge on any atom is 0.416 e. The number of benzene rings is 3. The van der Waals surface area contributed by atoms with Gasteiger partial charge in [-0.15, -0.1) is 0 Å². The smallest absolute Gasteiger partial charge is 0.416 e. The average molecular weight is 458 g/mol. The highest BCUT2D eigenvalue weighted by atomic mass is 19.4. The Morgan fingerprint density at radius 2 is 1.45 bits per heavy atom. The Morgan fingerprint density at radius 3 is 1.94 bits per heavy atom. The SMILES string of the molecule is COc1ccc(NC(=O)[C@H](CO)NC(=O)c2ccc(-c3ccc(C(F)(F)F)cc3)cc2)cc1. The molecule has 0 heterocycles. The topological polar surface area (TPSA) is 87.7 Å². The lowest BCUT2D eigenvalue weighted by Gasteiger charge is -2.16. The van der Waals surface area contributed by atoms with Gasteiger partial charge in [-0.1, -0.05) is 24.3 Å². The van der Waals surface area contributed by atoms with Gasteiger partial charge in [-0.05, 0) is 59.7 Å². The molecule has 0 bridgehead atoms. The van der Waals surface area contributed by atoms with E-state index in [0.717, 1.165) is 12.1 Å². The van der Waals surface area contributed by atoms with Gasteiger partial charge >= 0.3 is 6.18 Å². The molecule has 0 unspecified atom stereocenters. The van der Waals surface area contributed by atoms with Crippen molar-refractivity contribution in [2.24, 2.45) is 0 Å². The average Bonchev–Trinajstić information content (AvgIpc) is 2.82. The van der Waals surface area contributed by atoms with Crippen molar-refractivity contribution in [1.29, 1.82) is 0 Å². The van der Waals surface area contributed by atoms with Crippen molar-refractivity contribution in [3.05, 3.63) is 83.9 Å². The molecule has 9 heteroatoms. The van der Waals surface area contributed by atoms with Crippen LogP contribution in [0.4, 0.5) is 18.9 Å². The number of aliphatic hydroxyl groups excluding tert-OH is 1. The number of alkyl halides is 3. The molecule has 0 saturated carbocycles. The van der Waals surface area contributed by atoms with E-state index in [1.807, 2.05) is 0 Å². The largest absolute Gasteiger partial charge is 0.497 e. The highest BCUT2D eigenvalue weighted by Crippen LogP contribution is 2.31. The van der Waals surface area contributed by atoms with E-state index in [2.05, 4.69) is 10.6 Å². The fourth-order valence-electron chi connectivity index (χ4n) is 3.01. The lowest BCUT2D eigenvalue weighted by atomic mass is 10.0. The number of carbonyl (C=O) groups excluding carboxylic acids is 2. The number of aliphatic hydroxyl groups is 1. The monoisotopic (exact) mass is 458 g/mol. The van der Waals surface area contributed by atoms with Gasteiger partial charge in [0.25, 0.3) is 5.91 Å². The minimum Gasteiger partial charge on any atom is -0.497 e. The zero-order chi connectivity index (χ0) is 24.0. The fourth-order valence-corrected chi connectivity index (χ4v) is 3.01. The summed E-state index contributed by atoms with van der Waals surface area (Å²) in [4.78, 5) is 24.9. The van der Waals surface area contributed by atoms with Gasteiger partial charge in [-0.3, -0.25) is 9.59 Å². The molecule has 3 N–H and O–H groups in total. The van der Waals surface area contributed by atoms with E-state index in [9.17, 15) is 27.9 Å². The summed E-state index contributed by atoms with van der Waals surface area (Å²) in [5.41, 5.74) is 1.12. The summed E-state index contributed by atoms with van der Waals surface area (Å²) in [5, 5.41) is 14.6. The highest BCUT2D eigenvalue weighted by Gasteiger charge is 2.30. The van der Waals surface area contributed by atoms with E-state index in [4.69, 9.17) is 4.74 Å². The Kier molecular flexibility index (Phi) is 7.34. The molecule has 3 aromatic rings. The molecule has 172 valence electrons. The van der Waals surface area contributed by atoms with Crippen LogP contribution >= 0.6 is 0 Å². The number of carbonyl (C=O) groups is 2. The third-order valence-corrected chi connectivity index (χ3v) is 4.85. The Balaban J connectivity index is 1.64. The minimum absolute atomic E-state index is 0.223. The number of ether oxygens (including phenoxy) is 1. The molecule has 0 aromatic heterocycles. The van der Waals surface area contributed by atoms with Crippen LogP contribution in [0.15, 0.2) is 72.8 Å². The number of amides is 2. The zero-order valence-electron chi connectivity index (χ0n) is 17.5. The van der Waals surface area contributed by atoms with Gasteiger partial charge in [0.05, 0.1) is 19.3 Å². The molecule has 0 radical (unpaired) electrons. The quantitative estimate of drug-likeness (QED) is 0.497. The van der Waals surface area contributed by atoms with Crippen molar-refractivity contribution in [2.75, 3.05) is 19.0 Å². The first-order valence-electron chi connectivity index (χ1n) is 9.85.